The molecule has 3 nitrogen and oxygen atoms in total. The molecule has 3 aromatic rings. The van der Waals surface area contributed by atoms with Crippen molar-refractivity contribution in [3.63, 3.8) is 0 Å². The topological polar surface area (TPSA) is 32.3 Å². The van der Waals surface area contributed by atoms with E-state index < -0.39 is 0 Å². The molecule has 4 rings (SSSR count). The number of hydrogen-bond donors (Lipinski definition) is 1. The Morgan fingerprint density at radius 1 is 0.968 bits per heavy atom. The van der Waals surface area contributed by atoms with Crippen LogP contribution in [0, 0.1) is 5.92 Å². The minimum absolute atomic E-state index is 0.0226. The molecule has 1 heterocycles. The van der Waals surface area contributed by atoms with E-state index in [-0.39, 0.29) is 11.8 Å². The molecule has 5 heteroatoms. The summed E-state index contributed by atoms with van der Waals surface area (Å²) < 4.78 is 0. The van der Waals surface area contributed by atoms with Crippen LogP contribution in [-0.2, 0) is 17.1 Å². The number of halogens is 1. The number of nitrogens with one attached hydrogen (secondary N) is 1. The Kier molecular flexibility index (Phi) is 7.68. The fourth-order valence-corrected chi connectivity index (χ4v) is 4.87. The summed E-state index contributed by atoms with van der Waals surface area (Å²) in [6, 6.07) is 26.6. The van der Waals surface area contributed by atoms with Gasteiger partial charge in [0.2, 0.25) is 5.91 Å². The third-order valence-electron chi connectivity index (χ3n) is 5.57. The number of hydrogen-bond acceptors (Lipinski definition) is 3. The van der Waals surface area contributed by atoms with Crippen molar-refractivity contribution in [3.8, 4) is 0 Å². The van der Waals surface area contributed by atoms with Gasteiger partial charge >= 0.3 is 0 Å². The van der Waals surface area contributed by atoms with Crippen LogP contribution < -0.4 is 5.32 Å². The van der Waals surface area contributed by atoms with Gasteiger partial charge in [-0.2, -0.15) is 0 Å². The summed E-state index contributed by atoms with van der Waals surface area (Å²) in [5, 5.41) is 3.87. The SMILES string of the molecule is O=C(Nc1ccc(CSc2ccccc2)cc1)C1CCCN(Cc2ccc(Cl)cc2)C1. The number of anilines is 1. The Balaban J connectivity index is 1.27. The molecule has 3 aromatic carbocycles. The summed E-state index contributed by atoms with van der Waals surface area (Å²) >= 11 is 7.80. The third kappa shape index (κ3) is 6.60. The van der Waals surface area contributed by atoms with Gasteiger partial charge in [0.15, 0.2) is 0 Å². The number of thioether (sulfide) groups is 1. The molecule has 1 aliphatic heterocycles. The Labute approximate surface area is 193 Å². The number of piperidine rings is 1. The van der Waals surface area contributed by atoms with Crippen LogP contribution in [0.4, 0.5) is 5.69 Å². The van der Waals surface area contributed by atoms with Crippen LogP contribution >= 0.6 is 23.4 Å². The quantitative estimate of drug-likeness (QED) is 0.418. The summed E-state index contributed by atoms with van der Waals surface area (Å²) in [5.41, 5.74) is 3.35. The number of carbonyl (C=O) groups excluding carboxylic acids is 1. The van der Waals surface area contributed by atoms with E-state index in [1.165, 1.54) is 16.0 Å². The maximum absolute atomic E-state index is 12.8. The van der Waals surface area contributed by atoms with Crippen LogP contribution in [0.1, 0.15) is 24.0 Å². The molecule has 1 N–H and O–H groups in total. The van der Waals surface area contributed by atoms with Gasteiger partial charge in [-0.15, -0.1) is 11.8 Å². The number of benzene rings is 3. The first-order valence-electron chi connectivity index (χ1n) is 10.7. The molecule has 0 aromatic heterocycles. The van der Waals surface area contributed by atoms with E-state index in [0.717, 1.165) is 48.9 Å². The molecule has 0 saturated carbocycles. The van der Waals surface area contributed by atoms with Gasteiger partial charge in [-0.25, -0.2) is 0 Å². The van der Waals surface area contributed by atoms with E-state index in [1.807, 2.05) is 42.1 Å². The molecule has 0 aliphatic carbocycles. The first kappa shape index (κ1) is 21.9. The average Bonchev–Trinajstić information content (AvgIpc) is 2.81. The number of nitrogens with zero attached hydrogens (tertiary/aromatic N) is 1. The minimum Gasteiger partial charge on any atom is -0.326 e. The van der Waals surface area contributed by atoms with Gasteiger partial charge in [0.05, 0.1) is 5.92 Å². The minimum atomic E-state index is 0.0226. The van der Waals surface area contributed by atoms with Crippen molar-refractivity contribution < 1.29 is 4.79 Å². The number of carbonyl (C=O) groups is 1. The van der Waals surface area contributed by atoms with Crippen molar-refractivity contribution in [1.29, 1.82) is 0 Å². The van der Waals surface area contributed by atoms with Crippen LogP contribution in [-0.4, -0.2) is 23.9 Å². The zero-order valence-electron chi connectivity index (χ0n) is 17.5. The maximum atomic E-state index is 12.8. The zero-order chi connectivity index (χ0) is 21.5. The number of amides is 1. The van der Waals surface area contributed by atoms with E-state index in [2.05, 4.69) is 58.7 Å². The second kappa shape index (κ2) is 10.9. The lowest BCUT2D eigenvalue weighted by atomic mass is 9.96. The summed E-state index contributed by atoms with van der Waals surface area (Å²) in [5.74, 6) is 1.06. The summed E-state index contributed by atoms with van der Waals surface area (Å²) in [4.78, 5) is 16.5. The first-order chi connectivity index (χ1) is 15.2. The Hall–Kier alpha value is -2.27. The molecule has 160 valence electrons. The highest BCUT2D eigenvalue weighted by Gasteiger charge is 2.25. The molecule has 0 bridgehead atoms. The fraction of sp³-hybridized carbons (Fsp3) is 0.269. The van der Waals surface area contributed by atoms with Crippen LogP contribution in [0.15, 0.2) is 83.8 Å². The van der Waals surface area contributed by atoms with Crippen molar-refractivity contribution >= 4 is 35.0 Å². The standard InChI is InChI=1S/C26H27ClN2OS/c27-23-12-8-20(9-13-23)17-29-16-4-5-22(18-29)26(30)28-24-14-10-21(11-15-24)19-31-25-6-2-1-3-7-25/h1-3,6-15,22H,4-5,16-19H2,(H,28,30). The highest BCUT2D eigenvalue weighted by molar-refractivity contribution is 7.98. The highest BCUT2D eigenvalue weighted by Crippen LogP contribution is 2.24. The van der Waals surface area contributed by atoms with Gasteiger partial charge in [0, 0.05) is 34.4 Å². The molecule has 0 radical (unpaired) electrons. The molecule has 1 fully saturated rings. The van der Waals surface area contributed by atoms with Crippen molar-refractivity contribution in [2.45, 2.75) is 30.0 Å². The van der Waals surface area contributed by atoms with Gasteiger partial charge in [0.25, 0.3) is 0 Å². The van der Waals surface area contributed by atoms with Crippen LogP contribution in [0.25, 0.3) is 0 Å². The second-order valence-electron chi connectivity index (χ2n) is 7.99. The molecule has 0 spiro atoms. The zero-order valence-corrected chi connectivity index (χ0v) is 19.0. The van der Waals surface area contributed by atoms with Crippen molar-refractivity contribution in [1.82, 2.24) is 4.90 Å². The monoisotopic (exact) mass is 450 g/mol. The van der Waals surface area contributed by atoms with Crippen LogP contribution in [0.2, 0.25) is 5.02 Å². The number of likely N-dealkylation sites (tertiary alicyclic amines) is 1. The van der Waals surface area contributed by atoms with Gasteiger partial charge in [0.1, 0.15) is 0 Å². The van der Waals surface area contributed by atoms with Crippen LogP contribution in [0.3, 0.4) is 0 Å². The van der Waals surface area contributed by atoms with Crippen molar-refractivity contribution in [2.75, 3.05) is 18.4 Å². The molecule has 1 amide bonds. The lowest BCUT2D eigenvalue weighted by molar-refractivity contribution is -0.121. The van der Waals surface area contributed by atoms with E-state index in [4.69, 9.17) is 11.6 Å². The Morgan fingerprint density at radius 3 is 2.42 bits per heavy atom. The molecule has 1 aliphatic rings. The van der Waals surface area contributed by atoms with Crippen molar-refractivity contribution in [3.05, 3.63) is 95.0 Å². The lowest BCUT2D eigenvalue weighted by Gasteiger charge is -2.32. The molecule has 31 heavy (non-hydrogen) atoms. The first-order valence-corrected chi connectivity index (χ1v) is 12.1. The molecular formula is C26H27ClN2OS. The van der Waals surface area contributed by atoms with Gasteiger partial charge in [-0.3, -0.25) is 9.69 Å². The van der Waals surface area contributed by atoms with E-state index in [0.29, 0.717) is 0 Å². The maximum Gasteiger partial charge on any atom is 0.228 e. The van der Waals surface area contributed by atoms with E-state index in [9.17, 15) is 4.79 Å². The van der Waals surface area contributed by atoms with Gasteiger partial charge in [-0.05, 0) is 66.9 Å². The summed E-state index contributed by atoms with van der Waals surface area (Å²) in [6.45, 7) is 2.68. The molecule has 1 atom stereocenters. The Morgan fingerprint density at radius 2 is 1.68 bits per heavy atom. The Bertz CT molecular complexity index is 977. The predicted molar refractivity (Wildman–Crippen MR) is 131 cm³/mol. The highest BCUT2D eigenvalue weighted by atomic mass is 35.5. The smallest absolute Gasteiger partial charge is 0.228 e. The fourth-order valence-electron chi connectivity index (χ4n) is 3.87. The largest absolute Gasteiger partial charge is 0.326 e. The summed E-state index contributed by atoms with van der Waals surface area (Å²) in [7, 11) is 0. The van der Waals surface area contributed by atoms with E-state index >= 15 is 0 Å². The van der Waals surface area contributed by atoms with Gasteiger partial charge < -0.3 is 5.32 Å². The second-order valence-corrected chi connectivity index (χ2v) is 9.47. The normalized spacial score (nSPS) is 16.7. The average molecular weight is 451 g/mol. The molecule has 1 unspecified atom stereocenters. The molecular weight excluding hydrogens is 424 g/mol. The summed E-state index contributed by atoms with van der Waals surface area (Å²) in [6.07, 6.45) is 1.98. The van der Waals surface area contributed by atoms with Gasteiger partial charge in [-0.1, -0.05) is 54.1 Å². The molecule has 1 saturated heterocycles. The number of rotatable bonds is 7. The van der Waals surface area contributed by atoms with Crippen LogP contribution in [0.5, 0.6) is 0 Å². The lowest BCUT2D eigenvalue weighted by Crippen LogP contribution is -2.40. The van der Waals surface area contributed by atoms with E-state index in [1.54, 1.807) is 0 Å². The predicted octanol–water partition coefficient (Wildman–Crippen LogP) is 6.48. The third-order valence-corrected chi connectivity index (χ3v) is 6.90. The van der Waals surface area contributed by atoms with Crippen molar-refractivity contribution in [2.24, 2.45) is 5.92 Å².